The van der Waals surface area contributed by atoms with Gasteiger partial charge in [0.15, 0.2) is 0 Å². The quantitative estimate of drug-likeness (QED) is 0.663. The van der Waals surface area contributed by atoms with E-state index in [2.05, 4.69) is 5.32 Å². The summed E-state index contributed by atoms with van der Waals surface area (Å²) in [5, 5.41) is 14.5. The highest BCUT2D eigenvalue weighted by Crippen LogP contribution is 2.15. The van der Waals surface area contributed by atoms with Crippen LogP contribution in [0.15, 0.2) is 0 Å². The van der Waals surface area contributed by atoms with Crippen molar-refractivity contribution in [3.05, 3.63) is 0 Å². The molecule has 2 unspecified atom stereocenters. The monoisotopic (exact) mass is 284 g/mol. The first kappa shape index (κ1) is 18.2. The summed E-state index contributed by atoms with van der Waals surface area (Å²) in [6, 6.07) is -0.791. The SMILES string of the molecule is CC(C)CC(C)(O)CNC(C)C(=O)NCC(F)(F)F. The summed E-state index contributed by atoms with van der Waals surface area (Å²) < 4.78 is 35.8. The minimum atomic E-state index is -4.42. The van der Waals surface area contributed by atoms with E-state index in [1.807, 2.05) is 13.8 Å². The molecular weight excluding hydrogens is 261 g/mol. The number of rotatable bonds is 7. The van der Waals surface area contributed by atoms with Gasteiger partial charge in [0, 0.05) is 6.54 Å². The molecule has 0 saturated carbocycles. The molecule has 0 aromatic heterocycles. The van der Waals surface area contributed by atoms with Crippen LogP contribution in [0, 0.1) is 5.92 Å². The molecule has 1 amide bonds. The Morgan fingerprint density at radius 1 is 1.21 bits per heavy atom. The van der Waals surface area contributed by atoms with Gasteiger partial charge in [-0.3, -0.25) is 4.79 Å². The molecule has 0 bridgehead atoms. The molecule has 4 nitrogen and oxygen atoms in total. The predicted octanol–water partition coefficient (Wildman–Crippen LogP) is 1.44. The van der Waals surface area contributed by atoms with E-state index in [0.717, 1.165) is 0 Å². The van der Waals surface area contributed by atoms with Crippen LogP contribution in [0.2, 0.25) is 0 Å². The summed E-state index contributed by atoms with van der Waals surface area (Å²) >= 11 is 0. The Labute approximate surface area is 111 Å². The average molecular weight is 284 g/mol. The maximum Gasteiger partial charge on any atom is 0.405 e. The zero-order chi connectivity index (χ0) is 15.3. The molecule has 0 aromatic rings. The van der Waals surface area contributed by atoms with Crippen molar-refractivity contribution in [3.8, 4) is 0 Å². The first-order valence-electron chi connectivity index (χ1n) is 6.23. The van der Waals surface area contributed by atoms with Crippen LogP contribution in [0.25, 0.3) is 0 Å². The molecular formula is C12H23F3N2O2. The minimum Gasteiger partial charge on any atom is -0.389 e. The fraction of sp³-hybridized carbons (Fsp3) is 0.917. The topological polar surface area (TPSA) is 61.4 Å². The van der Waals surface area contributed by atoms with Crippen LogP contribution in [0.3, 0.4) is 0 Å². The van der Waals surface area contributed by atoms with E-state index in [1.54, 1.807) is 12.2 Å². The molecule has 0 fully saturated rings. The van der Waals surface area contributed by atoms with Gasteiger partial charge in [-0.1, -0.05) is 13.8 Å². The third-order valence-electron chi connectivity index (χ3n) is 2.49. The van der Waals surface area contributed by atoms with Crippen LogP contribution in [0.4, 0.5) is 13.2 Å². The summed E-state index contributed by atoms with van der Waals surface area (Å²) in [4.78, 5) is 11.4. The van der Waals surface area contributed by atoms with Gasteiger partial charge in [0.05, 0.1) is 11.6 Å². The second kappa shape index (κ2) is 7.09. The average Bonchev–Trinajstić information content (AvgIpc) is 2.19. The first-order chi connectivity index (χ1) is 8.43. The number of aliphatic hydroxyl groups is 1. The Kier molecular flexibility index (Phi) is 6.79. The highest BCUT2D eigenvalue weighted by Gasteiger charge is 2.29. The van der Waals surface area contributed by atoms with Crippen LogP contribution in [-0.2, 0) is 4.79 Å². The normalized spacial score (nSPS) is 17.1. The van der Waals surface area contributed by atoms with Crippen LogP contribution in [-0.4, -0.2) is 41.9 Å². The van der Waals surface area contributed by atoms with Gasteiger partial charge in [-0.25, -0.2) is 0 Å². The van der Waals surface area contributed by atoms with E-state index in [4.69, 9.17) is 0 Å². The summed E-state index contributed by atoms with van der Waals surface area (Å²) in [6.07, 6.45) is -3.88. The molecule has 3 N–H and O–H groups in total. The largest absolute Gasteiger partial charge is 0.405 e. The van der Waals surface area contributed by atoms with Crippen LogP contribution < -0.4 is 10.6 Å². The Bertz CT molecular complexity index is 291. The predicted molar refractivity (Wildman–Crippen MR) is 66.6 cm³/mol. The summed E-state index contributed by atoms with van der Waals surface area (Å²) in [7, 11) is 0. The van der Waals surface area contributed by atoms with Gasteiger partial charge in [-0.05, 0) is 26.2 Å². The van der Waals surface area contributed by atoms with E-state index in [-0.39, 0.29) is 12.5 Å². The molecule has 0 spiro atoms. The Hall–Kier alpha value is -0.820. The Balaban J connectivity index is 4.10. The van der Waals surface area contributed by atoms with Crippen molar-refractivity contribution in [2.24, 2.45) is 5.92 Å². The third-order valence-corrected chi connectivity index (χ3v) is 2.49. The molecule has 114 valence electrons. The lowest BCUT2D eigenvalue weighted by atomic mass is 9.94. The molecule has 0 saturated heterocycles. The maximum atomic E-state index is 11.9. The first-order valence-corrected chi connectivity index (χ1v) is 6.23. The van der Waals surface area contributed by atoms with Crippen molar-refractivity contribution in [2.75, 3.05) is 13.1 Å². The number of alkyl halides is 3. The van der Waals surface area contributed by atoms with Crippen molar-refractivity contribution >= 4 is 5.91 Å². The van der Waals surface area contributed by atoms with Gasteiger partial charge in [-0.15, -0.1) is 0 Å². The number of hydrogen-bond donors (Lipinski definition) is 3. The molecule has 7 heteroatoms. The molecule has 0 aliphatic heterocycles. The second-order valence-electron chi connectivity index (χ2n) is 5.53. The lowest BCUT2D eigenvalue weighted by molar-refractivity contribution is -0.139. The number of halogens is 3. The van der Waals surface area contributed by atoms with Crippen molar-refractivity contribution in [1.82, 2.24) is 10.6 Å². The Morgan fingerprint density at radius 3 is 2.16 bits per heavy atom. The number of amides is 1. The summed E-state index contributed by atoms with van der Waals surface area (Å²) in [5.74, 6) is -0.455. The smallest absolute Gasteiger partial charge is 0.389 e. The number of nitrogens with one attached hydrogen (secondary N) is 2. The van der Waals surface area contributed by atoms with Crippen LogP contribution in [0.1, 0.15) is 34.1 Å². The molecule has 0 rings (SSSR count). The second-order valence-corrected chi connectivity index (χ2v) is 5.53. The fourth-order valence-corrected chi connectivity index (χ4v) is 1.76. The highest BCUT2D eigenvalue weighted by atomic mass is 19.4. The van der Waals surface area contributed by atoms with Gasteiger partial charge >= 0.3 is 6.18 Å². The zero-order valence-electron chi connectivity index (χ0n) is 11.8. The van der Waals surface area contributed by atoms with Crippen molar-refractivity contribution in [1.29, 1.82) is 0 Å². The van der Waals surface area contributed by atoms with Gasteiger partial charge in [0.2, 0.25) is 5.91 Å². The van der Waals surface area contributed by atoms with Crippen LogP contribution in [0.5, 0.6) is 0 Å². The van der Waals surface area contributed by atoms with E-state index < -0.39 is 30.3 Å². The number of carbonyl (C=O) groups excluding carboxylic acids is 1. The summed E-state index contributed by atoms with van der Waals surface area (Å²) in [5.41, 5.74) is -0.993. The van der Waals surface area contributed by atoms with E-state index >= 15 is 0 Å². The molecule has 2 atom stereocenters. The molecule has 0 aromatic carbocycles. The van der Waals surface area contributed by atoms with Gasteiger partial charge in [-0.2, -0.15) is 13.2 Å². The molecule has 19 heavy (non-hydrogen) atoms. The summed E-state index contributed by atoms with van der Waals surface area (Å²) in [6.45, 7) is 5.78. The van der Waals surface area contributed by atoms with E-state index in [9.17, 15) is 23.1 Å². The Morgan fingerprint density at radius 2 is 1.74 bits per heavy atom. The molecule has 0 aliphatic carbocycles. The van der Waals surface area contributed by atoms with E-state index in [0.29, 0.717) is 6.42 Å². The van der Waals surface area contributed by atoms with Crippen molar-refractivity contribution in [2.45, 2.75) is 51.9 Å². The molecule has 0 heterocycles. The van der Waals surface area contributed by atoms with E-state index in [1.165, 1.54) is 6.92 Å². The van der Waals surface area contributed by atoms with Crippen molar-refractivity contribution < 1.29 is 23.1 Å². The highest BCUT2D eigenvalue weighted by molar-refractivity contribution is 5.81. The van der Waals surface area contributed by atoms with Crippen molar-refractivity contribution in [3.63, 3.8) is 0 Å². The lowest BCUT2D eigenvalue weighted by Gasteiger charge is -2.27. The lowest BCUT2D eigenvalue weighted by Crippen LogP contribution is -2.49. The molecule has 0 aliphatic rings. The maximum absolute atomic E-state index is 11.9. The fourth-order valence-electron chi connectivity index (χ4n) is 1.76. The van der Waals surface area contributed by atoms with Gasteiger partial charge in [0.25, 0.3) is 0 Å². The van der Waals surface area contributed by atoms with Gasteiger partial charge < -0.3 is 15.7 Å². The standard InChI is InChI=1S/C12H23F3N2O2/c1-8(2)5-11(4,19)6-16-9(3)10(18)17-7-12(13,14)15/h8-9,16,19H,5-7H2,1-4H3,(H,17,18). The zero-order valence-corrected chi connectivity index (χ0v) is 11.8. The van der Waals surface area contributed by atoms with Crippen LogP contribution >= 0.6 is 0 Å². The molecule has 0 radical (unpaired) electrons. The minimum absolute atomic E-state index is 0.145. The third kappa shape index (κ3) is 9.72. The van der Waals surface area contributed by atoms with Gasteiger partial charge in [0.1, 0.15) is 6.54 Å². The number of hydrogen-bond acceptors (Lipinski definition) is 3. The number of carbonyl (C=O) groups is 1.